The van der Waals surface area contributed by atoms with Gasteiger partial charge in [0.25, 0.3) is 5.91 Å². The Morgan fingerprint density at radius 3 is 2.79 bits per heavy atom. The number of rotatable bonds is 6. The molecular weight excluding hydrogens is 344 g/mol. The summed E-state index contributed by atoms with van der Waals surface area (Å²) in [5.41, 5.74) is 0.998. The van der Waals surface area contributed by atoms with Crippen LogP contribution in [0, 0.1) is 0 Å². The van der Waals surface area contributed by atoms with E-state index in [9.17, 15) is 4.79 Å². The molecule has 0 radical (unpaired) electrons. The van der Waals surface area contributed by atoms with Crippen LogP contribution in [0.3, 0.4) is 0 Å². The Bertz CT molecular complexity index is 817. The van der Waals surface area contributed by atoms with Crippen LogP contribution in [0.4, 0.5) is 0 Å². The van der Waals surface area contributed by atoms with E-state index in [0.717, 1.165) is 15.2 Å². The minimum absolute atomic E-state index is 0.0592. The summed E-state index contributed by atoms with van der Waals surface area (Å²) in [6.45, 7) is 2.51. The van der Waals surface area contributed by atoms with Gasteiger partial charge in [-0.1, -0.05) is 42.8 Å². The van der Waals surface area contributed by atoms with Crippen LogP contribution in [0.25, 0.3) is 10.2 Å². The highest BCUT2D eigenvalue weighted by Gasteiger charge is 2.13. The SMILES string of the molecule is CC(CNC(=O)COc1ccccc1Cl)c1nc2ccccc2s1. The van der Waals surface area contributed by atoms with E-state index in [1.165, 1.54) is 0 Å². The first kappa shape index (κ1) is 16.7. The molecule has 24 heavy (non-hydrogen) atoms. The molecule has 1 amide bonds. The number of nitrogens with zero attached hydrogens (tertiary/aromatic N) is 1. The van der Waals surface area contributed by atoms with Crippen LogP contribution in [0.5, 0.6) is 5.75 Å². The lowest BCUT2D eigenvalue weighted by molar-refractivity contribution is -0.123. The number of thiazole rings is 1. The van der Waals surface area contributed by atoms with E-state index >= 15 is 0 Å². The van der Waals surface area contributed by atoms with E-state index in [2.05, 4.69) is 16.4 Å². The van der Waals surface area contributed by atoms with Crippen molar-refractivity contribution in [2.24, 2.45) is 0 Å². The van der Waals surface area contributed by atoms with Crippen LogP contribution < -0.4 is 10.1 Å². The molecule has 0 saturated carbocycles. The lowest BCUT2D eigenvalue weighted by Crippen LogP contribution is -2.31. The molecule has 0 aliphatic carbocycles. The van der Waals surface area contributed by atoms with Crippen LogP contribution in [0.1, 0.15) is 17.8 Å². The van der Waals surface area contributed by atoms with Gasteiger partial charge in [-0.15, -0.1) is 11.3 Å². The van der Waals surface area contributed by atoms with Crippen LogP contribution >= 0.6 is 22.9 Å². The maximum absolute atomic E-state index is 11.9. The number of nitrogens with one attached hydrogen (secondary N) is 1. The number of carbonyl (C=O) groups is 1. The van der Waals surface area contributed by atoms with Gasteiger partial charge in [0.1, 0.15) is 5.75 Å². The molecule has 0 aliphatic rings. The summed E-state index contributed by atoms with van der Waals surface area (Å²) in [5.74, 6) is 0.475. The van der Waals surface area contributed by atoms with Crippen molar-refractivity contribution in [3.63, 3.8) is 0 Å². The summed E-state index contributed by atoms with van der Waals surface area (Å²) in [5, 5.41) is 4.39. The molecular formula is C18H17ClN2O2S. The number of fused-ring (bicyclic) bond motifs is 1. The molecule has 1 unspecified atom stereocenters. The summed E-state index contributed by atoms with van der Waals surface area (Å²) >= 11 is 7.65. The van der Waals surface area contributed by atoms with Gasteiger partial charge in [-0.3, -0.25) is 4.79 Å². The molecule has 1 atom stereocenters. The van der Waals surface area contributed by atoms with Crippen molar-refractivity contribution < 1.29 is 9.53 Å². The normalized spacial score (nSPS) is 12.1. The second-order valence-electron chi connectivity index (χ2n) is 5.44. The molecule has 1 N–H and O–H groups in total. The Morgan fingerprint density at radius 1 is 1.25 bits per heavy atom. The van der Waals surface area contributed by atoms with E-state index in [1.54, 1.807) is 23.5 Å². The molecule has 0 bridgehead atoms. The van der Waals surface area contributed by atoms with Gasteiger partial charge in [0.2, 0.25) is 0 Å². The average molecular weight is 361 g/mol. The first-order valence-electron chi connectivity index (χ1n) is 7.63. The summed E-state index contributed by atoms with van der Waals surface area (Å²) in [7, 11) is 0. The lowest BCUT2D eigenvalue weighted by Gasteiger charge is -2.11. The highest BCUT2D eigenvalue weighted by molar-refractivity contribution is 7.18. The Morgan fingerprint density at radius 2 is 2.00 bits per heavy atom. The molecule has 1 heterocycles. The van der Waals surface area contributed by atoms with Crippen molar-refractivity contribution in [3.05, 3.63) is 58.6 Å². The molecule has 6 heteroatoms. The largest absolute Gasteiger partial charge is 0.482 e. The van der Waals surface area contributed by atoms with Crippen molar-refractivity contribution in [2.45, 2.75) is 12.8 Å². The number of hydrogen-bond acceptors (Lipinski definition) is 4. The molecule has 3 aromatic rings. The molecule has 124 valence electrons. The number of benzene rings is 2. The summed E-state index contributed by atoms with van der Waals surface area (Å²) in [6.07, 6.45) is 0. The third-order valence-corrected chi connectivity index (χ3v) is 5.11. The topological polar surface area (TPSA) is 51.2 Å². The van der Waals surface area contributed by atoms with Crippen molar-refractivity contribution in [1.82, 2.24) is 10.3 Å². The van der Waals surface area contributed by atoms with Crippen LogP contribution in [0.15, 0.2) is 48.5 Å². The third kappa shape index (κ3) is 4.04. The summed E-state index contributed by atoms with van der Waals surface area (Å²) in [4.78, 5) is 16.6. The summed E-state index contributed by atoms with van der Waals surface area (Å²) in [6, 6.07) is 15.1. The fraction of sp³-hybridized carbons (Fsp3) is 0.222. The van der Waals surface area contributed by atoms with E-state index < -0.39 is 0 Å². The zero-order chi connectivity index (χ0) is 16.9. The zero-order valence-corrected chi connectivity index (χ0v) is 14.7. The van der Waals surface area contributed by atoms with Crippen LogP contribution in [-0.2, 0) is 4.79 Å². The van der Waals surface area contributed by atoms with E-state index in [4.69, 9.17) is 16.3 Å². The average Bonchev–Trinajstić information content (AvgIpc) is 3.03. The van der Waals surface area contributed by atoms with Crippen molar-refractivity contribution >= 4 is 39.1 Å². The van der Waals surface area contributed by atoms with E-state index in [0.29, 0.717) is 17.3 Å². The van der Waals surface area contributed by atoms with Gasteiger partial charge in [-0.05, 0) is 24.3 Å². The Hall–Kier alpha value is -2.11. The lowest BCUT2D eigenvalue weighted by atomic mass is 10.2. The smallest absolute Gasteiger partial charge is 0.257 e. The highest BCUT2D eigenvalue weighted by atomic mass is 35.5. The Labute approximate surface area is 149 Å². The fourth-order valence-electron chi connectivity index (χ4n) is 2.21. The van der Waals surface area contributed by atoms with Gasteiger partial charge in [0.05, 0.1) is 20.2 Å². The molecule has 0 aliphatic heterocycles. The van der Waals surface area contributed by atoms with E-state index in [-0.39, 0.29) is 18.4 Å². The number of amides is 1. The number of halogens is 1. The number of aromatic nitrogens is 1. The molecule has 0 fully saturated rings. The third-order valence-electron chi connectivity index (χ3n) is 3.53. The number of ether oxygens (including phenoxy) is 1. The van der Waals surface area contributed by atoms with Gasteiger partial charge in [-0.2, -0.15) is 0 Å². The molecule has 4 nitrogen and oxygen atoms in total. The summed E-state index contributed by atoms with van der Waals surface area (Å²) < 4.78 is 6.59. The molecule has 2 aromatic carbocycles. The molecule has 0 saturated heterocycles. The molecule has 1 aromatic heterocycles. The second-order valence-corrected chi connectivity index (χ2v) is 6.91. The highest BCUT2D eigenvalue weighted by Crippen LogP contribution is 2.27. The van der Waals surface area contributed by atoms with Crippen LogP contribution in [0.2, 0.25) is 5.02 Å². The predicted octanol–water partition coefficient (Wildman–Crippen LogP) is 4.25. The standard InChI is InChI=1S/C18H17ClN2O2S/c1-12(18-21-14-7-3-5-9-16(14)24-18)10-20-17(22)11-23-15-8-4-2-6-13(15)19/h2-9,12H,10-11H2,1H3,(H,20,22). The maximum Gasteiger partial charge on any atom is 0.257 e. The van der Waals surface area contributed by atoms with Gasteiger partial charge in [0, 0.05) is 12.5 Å². The fourth-order valence-corrected chi connectivity index (χ4v) is 3.42. The van der Waals surface area contributed by atoms with Crippen molar-refractivity contribution in [3.8, 4) is 5.75 Å². The molecule has 0 spiro atoms. The van der Waals surface area contributed by atoms with Gasteiger partial charge < -0.3 is 10.1 Å². The Kier molecular flexibility index (Phi) is 5.33. The van der Waals surface area contributed by atoms with Gasteiger partial charge in [-0.25, -0.2) is 4.98 Å². The quantitative estimate of drug-likeness (QED) is 0.715. The number of carbonyl (C=O) groups excluding carboxylic acids is 1. The maximum atomic E-state index is 11.9. The van der Waals surface area contributed by atoms with Gasteiger partial charge in [0.15, 0.2) is 6.61 Å². The molecule has 3 rings (SSSR count). The van der Waals surface area contributed by atoms with E-state index in [1.807, 2.05) is 37.3 Å². The Balaban J connectivity index is 1.51. The first-order chi connectivity index (χ1) is 11.6. The minimum atomic E-state index is -0.178. The van der Waals surface area contributed by atoms with Crippen LogP contribution in [-0.4, -0.2) is 24.0 Å². The monoisotopic (exact) mass is 360 g/mol. The van der Waals surface area contributed by atoms with Crippen molar-refractivity contribution in [1.29, 1.82) is 0 Å². The second kappa shape index (κ2) is 7.64. The van der Waals surface area contributed by atoms with Gasteiger partial charge >= 0.3 is 0 Å². The number of hydrogen-bond donors (Lipinski definition) is 1. The number of para-hydroxylation sites is 2. The van der Waals surface area contributed by atoms with Crippen molar-refractivity contribution in [2.75, 3.05) is 13.2 Å². The predicted molar refractivity (Wildman–Crippen MR) is 98.0 cm³/mol. The minimum Gasteiger partial charge on any atom is -0.482 e. The zero-order valence-electron chi connectivity index (χ0n) is 13.2. The first-order valence-corrected chi connectivity index (χ1v) is 8.82.